The van der Waals surface area contributed by atoms with E-state index < -0.39 is 0 Å². The summed E-state index contributed by atoms with van der Waals surface area (Å²) in [6.45, 7) is 0.752. The highest BCUT2D eigenvalue weighted by Crippen LogP contribution is 2.22. The van der Waals surface area contributed by atoms with Crippen LogP contribution >= 0.6 is 11.6 Å². The summed E-state index contributed by atoms with van der Waals surface area (Å²) in [4.78, 5) is 0. The molecule has 0 spiro atoms. The Morgan fingerprint density at radius 1 is 1.04 bits per heavy atom. The van der Waals surface area contributed by atoms with Crippen molar-refractivity contribution in [3.63, 3.8) is 0 Å². The van der Waals surface area contributed by atoms with Crippen molar-refractivity contribution >= 4 is 28.7 Å². The molecule has 4 aromatic rings. The maximum Gasteiger partial charge on any atom is 0.141 e. The molecule has 0 aliphatic heterocycles. The zero-order chi connectivity index (χ0) is 16.4. The first-order valence-electron chi connectivity index (χ1n) is 7.51. The van der Waals surface area contributed by atoms with Gasteiger partial charge in [-0.15, -0.1) is 10.2 Å². The Labute approximate surface area is 143 Å². The lowest BCUT2D eigenvalue weighted by Crippen LogP contribution is -1.97. The Morgan fingerprint density at radius 3 is 2.71 bits per heavy atom. The number of hydrogen-bond acceptors (Lipinski definition) is 3. The van der Waals surface area contributed by atoms with E-state index in [1.165, 1.54) is 0 Å². The highest BCUT2D eigenvalue weighted by Gasteiger charge is 2.07. The summed E-state index contributed by atoms with van der Waals surface area (Å²) < 4.78 is 3.78. The zero-order valence-corrected chi connectivity index (χ0v) is 13.5. The van der Waals surface area contributed by atoms with Gasteiger partial charge in [0.25, 0.3) is 0 Å². The molecule has 2 aromatic heterocycles. The van der Waals surface area contributed by atoms with E-state index in [-0.39, 0.29) is 0 Å². The third kappa shape index (κ3) is 2.94. The minimum absolute atomic E-state index is 0.748. The summed E-state index contributed by atoms with van der Waals surface area (Å²) in [5.41, 5.74) is 3.36. The van der Waals surface area contributed by atoms with Crippen molar-refractivity contribution in [3.8, 4) is 0 Å². The fourth-order valence-corrected chi connectivity index (χ4v) is 2.94. The van der Waals surface area contributed by atoms with Gasteiger partial charge in [0.05, 0.1) is 6.21 Å². The second-order valence-corrected chi connectivity index (χ2v) is 5.88. The second kappa shape index (κ2) is 6.29. The van der Waals surface area contributed by atoms with Crippen LogP contribution in [0.2, 0.25) is 5.02 Å². The van der Waals surface area contributed by atoms with E-state index in [1.807, 2.05) is 36.5 Å². The van der Waals surface area contributed by atoms with E-state index in [9.17, 15) is 0 Å². The summed E-state index contributed by atoms with van der Waals surface area (Å²) in [7, 11) is 0. The van der Waals surface area contributed by atoms with Gasteiger partial charge in [0, 0.05) is 34.2 Å². The monoisotopic (exact) mass is 335 g/mol. The van der Waals surface area contributed by atoms with E-state index in [4.69, 9.17) is 11.6 Å². The maximum absolute atomic E-state index is 6.10. The van der Waals surface area contributed by atoms with Gasteiger partial charge in [0.15, 0.2) is 0 Å². The predicted molar refractivity (Wildman–Crippen MR) is 95.5 cm³/mol. The van der Waals surface area contributed by atoms with Gasteiger partial charge < -0.3 is 4.57 Å². The van der Waals surface area contributed by atoms with E-state index in [0.717, 1.165) is 33.6 Å². The third-order valence-corrected chi connectivity index (χ3v) is 4.03. The molecule has 5 nitrogen and oxygen atoms in total. The van der Waals surface area contributed by atoms with Crippen LogP contribution in [0.3, 0.4) is 0 Å². The largest absolute Gasteiger partial charge is 0.342 e. The molecule has 0 saturated heterocycles. The molecule has 0 unspecified atom stereocenters. The van der Waals surface area contributed by atoms with E-state index in [0.29, 0.717) is 0 Å². The Hall–Kier alpha value is -2.92. The lowest BCUT2D eigenvalue weighted by atomic mass is 10.2. The smallest absolute Gasteiger partial charge is 0.141 e. The van der Waals surface area contributed by atoms with Crippen molar-refractivity contribution in [2.75, 3.05) is 0 Å². The first kappa shape index (κ1) is 14.7. The molecule has 0 aliphatic carbocycles. The topological polar surface area (TPSA) is 48.0 Å². The molecular weight excluding hydrogens is 322 g/mol. The van der Waals surface area contributed by atoms with Crippen molar-refractivity contribution < 1.29 is 0 Å². The minimum atomic E-state index is 0.748. The zero-order valence-electron chi connectivity index (χ0n) is 12.7. The molecule has 2 heterocycles. The van der Waals surface area contributed by atoms with Crippen LogP contribution in [0.15, 0.2) is 72.5 Å². The van der Waals surface area contributed by atoms with Gasteiger partial charge in [0.1, 0.15) is 12.7 Å². The Morgan fingerprint density at radius 2 is 1.88 bits per heavy atom. The molecule has 0 atom stereocenters. The SMILES string of the molecule is Clc1cccc(Cn2cc(C=Nn3cnnc3)c3ccccc32)c1. The number of fused-ring (bicyclic) bond motifs is 1. The van der Waals surface area contributed by atoms with Gasteiger partial charge in [-0.25, -0.2) is 4.68 Å². The number of rotatable bonds is 4. The normalized spacial score (nSPS) is 11.5. The minimum Gasteiger partial charge on any atom is -0.342 e. The molecule has 0 amide bonds. The van der Waals surface area contributed by atoms with Gasteiger partial charge in [0.2, 0.25) is 0 Å². The van der Waals surface area contributed by atoms with Crippen LogP contribution in [0.5, 0.6) is 0 Å². The van der Waals surface area contributed by atoms with Crippen molar-refractivity contribution in [1.82, 2.24) is 19.4 Å². The molecule has 4 rings (SSSR count). The Balaban J connectivity index is 1.73. The van der Waals surface area contributed by atoms with Crippen molar-refractivity contribution in [2.24, 2.45) is 5.10 Å². The van der Waals surface area contributed by atoms with Gasteiger partial charge in [-0.2, -0.15) is 5.10 Å². The molecule has 24 heavy (non-hydrogen) atoms. The second-order valence-electron chi connectivity index (χ2n) is 5.45. The van der Waals surface area contributed by atoms with Crippen molar-refractivity contribution in [2.45, 2.75) is 6.54 Å². The van der Waals surface area contributed by atoms with E-state index in [1.54, 1.807) is 17.3 Å². The molecule has 6 heteroatoms. The fourth-order valence-electron chi connectivity index (χ4n) is 2.72. The number of hydrogen-bond donors (Lipinski definition) is 0. The number of nitrogens with zero attached hydrogens (tertiary/aromatic N) is 5. The highest BCUT2D eigenvalue weighted by atomic mass is 35.5. The van der Waals surface area contributed by atoms with Gasteiger partial charge in [-0.1, -0.05) is 41.9 Å². The van der Waals surface area contributed by atoms with Crippen LogP contribution in [0.1, 0.15) is 11.1 Å². The lowest BCUT2D eigenvalue weighted by molar-refractivity contribution is 0.835. The van der Waals surface area contributed by atoms with Crippen LogP contribution in [0.25, 0.3) is 10.9 Å². The summed E-state index contributed by atoms with van der Waals surface area (Å²) >= 11 is 6.10. The summed E-state index contributed by atoms with van der Waals surface area (Å²) in [5.74, 6) is 0. The van der Waals surface area contributed by atoms with Gasteiger partial charge in [-0.05, 0) is 23.8 Å². The van der Waals surface area contributed by atoms with Crippen LogP contribution in [-0.4, -0.2) is 25.7 Å². The maximum atomic E-state index is 6.10. The molecule has 0 N–H and O–H groups in total. The average molecular weight is 336 g/mol. The first-order valence-corrected chi connectivity index (χ1v) is 7.89. The molecule has 0 saturated carbocycles. The average Bonchev–Trinajstić information content (AvgIpc) is 3.22. The van der Waals surface area contributed by atoms with E-state index >= 15 is 0 Å². The Kier molecular flexibility index (Phi) is 3.84. The quantitative estimate of drug-likeness (QED) is 0.532. The van der Waals surface area contributed by atoms with Crippen molar-refractivity contribution in [3.05, 3.63) is 83.5 Å². The number of para-hydroxylation sites is 1. The molecule has 2 aromatic carbocycles. The molecule has 0 aliphatic rings. The standard InChI is InChI=1S/C18H14ClN5/c19-16-5-3-4-14(8-16)10-23-11-15(9-22-24-12-20-21-13-24)17-6-1-2-7-18(17)23/h1-9,11-13H,10H2. The fraction of sp³-hybridized carbons (Fsp3) is 0.0556. The lowest BCUT2D eigenvalue weighted by Gasteiger charge is -2.05. The van der Waals surface area contributed by atoms with Gasteiger partial charge >= 0.3 is 0 Å². The summed E-state index contributed by atoms with van der Waals surface area (Å²) in [5, 5.41) is 13.7. The number of halogens is 1. The number of aromatic nitrogens is 4. The van der Waals surface area contributed by atoms with Crippen molar-refractivity contribution in [1.29, 1.82) is 0 Å². The van der Waals surface area contributed by atoms with E-state index in [2.05, 4.69) is 44.3 Å². The number of benzene rings is 2. The molecule has 0 radical (unpaired) electrons. The molecule has 0 bridgehead atoms. The van der Waals surface area contributed by atoms with Crippen LogP contribution < -0.4 is 0 Å². The van der Waals surface area contributed by atoms with Crippen LogP contribution in [0, 0.1) is 0 Å². The first-order chi connectivity index (χ1) is 11.8. The molecule has 0 fully saturated rings. The van der Waals surface area contributed by atoms with Crippen LogP contribution in [-0.2, 0) is 6.54 Å². The molecular formula is C18H14ClN5. The molecule has 118 valence electrons. The predicted octanol–water partition coefficient (Wildman–Crippen LogP) is 3.82. The summed E-state index contributed by atoms with van der Waals surface area (Å²) in [6, 6.07) is 16.2. The third-order valence-electron chi connectivity index (χ3n) is 3.80. The Bertz CT molecular complexity index is 1000. The highest BCUT2D eigenvalue weighted by molar-refractivity contribution is 6.30. The van der Waals surface area contributed by atoms with Gasteiger partial charge in [-0.3, -0.25) is 0 Å². The van der Waals surface area contributed by atoms with Crippen LogP contribution in [0.4, 0.5) is 0 Å². The summed E-state index contributed by atoms with van der Waals surface area (Å²) in [6.07, 6.45) is 7.03.